The Kier molecular flexibility index (Phi) is 6.07. The van der Waals surface area contributed by atoms with E-state index in [0.717, 1.165) is 38.4 Å². The van der Waals surface area contributed by atoms with Gasteiger partial charge in [0.25, 0.3) is 0 Å². The Bertz CT molecular complexity index is 423. The minimum Gasteiger partial charge on any atom is -0.493 e. The fourth-order valence-electron chi connectivity index (χ4n) is 3.23. The Hall–Kier alpha value is -1.06. The molecule has 1 unspecified atom stereocenters. The van der Waals surface area contributed by atoms with Gasteiger partial charge < -0.3 is 10.1 Å². The summed E-state index contributed by atoms with van der Waals surface area (Å²) >= 11 is 0. The molecule has 1 aromatic carbocycles. The first-order valence-corrected chi connectivity index (χ1v) is 8.27. The van der Waals surface area contributed by atoms with Crippen LogP contribution in [0.1, 0.15) is 45.6 Å². The van der Waals surface area contributed by atoms with Crippen LogP contribution >= 0.6 is 0 Å². The predicted molar refractivity (Wildman–Crippen MR) is 89.1 cm³/mol. The largest absolute Gasteiger partial charge is 0.493 e. The van der Waals surface area contributed by atoms with E-state index < -0.39 is 0 Å². The van der Waals surface area contributed by atoms with Gasteiger partial charge in [0.15, 0.2) is 0 Å². The van der Waals surface area contributed by atoms with Gasteiger partial charge in [-0.05, 0) is 45.7 Å². The molecule has 118 valence electrons. The summed E-state index contributed by atoms with van der Waals surface area (Å²) in [5.41, 5.74) is 1.36. The molecule has 3 heteroatoms. The molecule has 0 amide bonds. The summed E-state index contributed by atoms with van der Waals surface area (Å²) in [5, 5.41) is 3.64. The molecular weight excluding hydrogens is 260 g/mol. The number of benzene rings is 1. The fraction of sp³-hybridized carbons (Fsp3) is 0.667. The summed E-state index contributed by atoms with van der Waals surface area (Å²) in [6, 6.07) is 9.67. The minimum absolute atomic E-state index is 0.585. The molecule has 0 saturated heterocycles. The van der Waals surface area contributed by atoms with Crippen LogP contribution in [-0.2, 0) is 0 Å². The third kappa shape index (κ3) is 4.45. The highest BCUT2D eigenvalue weighted by atomic mass is 16.5. The lowest BCUT2D eigenvalue weighted by atomic mass is 9.93. The Morgan fingerprint density at radius 1 is 1.19 bits per heavy atom. The van der Waals surface area contributed by atoms with Crippen molar-refractivity contribution in [3.05, 3.63) is 29.8 Å². The molecule has 0 fully saturated rings. The van der Waals surface area contributed by atoms with Crippen LogP contribution in [0.25, 0.3) is 0 Å². The molecule has 1 N–H and O–H groups in total. The first-order valence-electron chi connectivity index (χ1n) is 8.27. The summed E-state index contributed by atoms with van der Waals surface area (Å²) in [6.45, 7) is 13.1. The zero-order valence-electron chi connectivity index (χ0n) is 13.9. The Morgan fingerprint density at radius 2 is 1.90 bits per heavy atom. The van der Waals surface area contributed by atoms with Gasteiger partial charge >= 0.3 is 0 Å². The van der Waals surface area contributed by atoms with Crippen molar-refractivity contribution in [2.75, 3.05) is 26.2 Å². The molecule has 0 bridgehead atoms. The van der Waals surface area contributed by atoms with Gasteiger partial charge in [0.05, 0.1) is 6.61 Å². The third-order valence-electron chi connectivity index (χ3n) is 4.35. The first-order chi connectivity index (χ1) is 10.1. The third-order valence-corrected chi connectivity index (χ3v) is 4.35. The second-order valence-electron chi connectivity index (χ2n) is 6.50. The van der Waals surface area contributed by atoms with Crippen molar-refractivity contribution in [2.45, 2.75) is 52.1 Å². The van der Waals surface area contributed by atoms with Crippen LogP contribution in [0.15, 0.2) is 24.3 Å². The van der Waals surface area contributed by atoms with Crippen LogP contribution in [0.3, 0.4) is 0 Å². The summed E-state index contributed by atoms with van der Waals surface area (Å²) in [5.74, 6) is 1.66. The molecule has 0 spiro atoms. The van der Waals surface area contributed by atoms with Crippen molar-refractivity contribution >= 4 is 0 Å². The summed E-state index contributed by atoms with van der Waals surface area (Å²) in [6.07, 6.45) is 1.11. The van der Waals surface area contributed by atoms with Crippen molar-refractivity contribution < 1.29 is 4.74 Å². The summed E-state index contributed by atoms with van der Waals surface area (Å²) < 4.78 is 5.73. The van der Waals surface area contributed by atoms with E-state index in [-0.39, 0.29) is 0 Å². The maximum atomic E-state index is 5.73. The number of nitrogens with zero attached hydrogens (tertiary/aromatic N) is 1. The highest BCUT2D eigenvalue weighted by molar-refractivity contribution is 5.37. The van der Waals surface area contributed by atoms with Gasteiger partial charge in [0.2, 0.25) is 0 Å². The first kappa shape index (κ1) is 16.3. The fourth-order valence-corrected chi connectivity index (χ4v) is 3.23. The number of hydrogen-bond acceptors (Lipinski definition) is 3. The van der Waals surface area contributed by atoms with E-state index in [9.17, 15) is 0 Å². The molecule has 1 aliphatic heterocycles. The van der Waals surface area contributed by atoms with Gasteiger partial charge in [-0.2, -0.15) is 0 Å². The lowest BCUT2D eigenvalue weighted by Gasteiger charge is -2.31. The monoisotopic (exact) mass is 290 g/mol. The van der Waals surface area contributed by atoms with Crippen LogP contribution in [0, 0.1) is 0 Å². The lowest BCUT2D eigenvalue weighted by molar-refractivity contribution is 0.175. The van der Waals surface area contributed by atoms with Gasteiger partial charge in [-0.25, -0.2) is 0 Å². The van der Waals surface area contributed by atoms with Crippen molar-refractivity contribution in [1.29, 1.82) is 0 Å². The second kappa shape index (κ2) is 7.81. The Labute approximate surface area is 129 Å². The van der Waals surface area contributed by atoms with E-state index in [4.69, 9.17) is 4.74 Å². The van der Waals surface area contributed by atoms with Crippen LogP contribution in [-0.4, -0.2) is 43.2 Å². The van der Waals surface area contributed by atoms with E-state index in [2.05, 4.69) is 62.2 Å². The van der Waals surface area contributed by atoms with Gasteiger partial charge in [-0.1, -0.05) is 18.2 Å². The van der Waals surface area contributed by atoms with Crippen LogP contribution < -0.4 is 10.1 Å². The van der Waals surface area contributed by atoms with E-state index in [1.165, 1.54) is 5.56 Å². The molecule has 0 radical (unpaired) electrons. The predicted octanol–water partition coefficient (Wildman–Crippen LogP) is 3.26. The highest BCUT2D eigenvalue weighted by Crippen LogP contribution is 2.32. The number of hydrogen-bond donors (Lipinski definition) is 1. The number of para-hydroxylation sites is 1. The van der Waals surface area contributed by atoms with Crippen LogP contribution in [0.5, 0.6) is 5.75 Å². The molecule has 0 aliphatic carbocycles. The number of ether oxygens (including phenoxy) is 1. The molecular formula is C18H30N2O. The van der Waals surface area contributed by atoms with E-state index >= 15 is 0 Å². The molecule has 21 heavy (non-hydrogen) atoms. The molecule has 1 aromatic rings. The quantitative estimate of drug-likeness (QED) is 0.780. The van der Waals surface area contributed by atoms with Crippen molar-refractivity contribution in [2.24, 2.45) is 0 Å². The normalized spacial score (nSPS) is 18.1. The SMILES string of the molecule is CC(C)N(CCNCC1CCOc2ccccc21)C(C)C. The van der Waals surface area contributed by atoms with Gasteiger partial charge in [0.1, 0.15) is 5.75 Å². The summed E-state index contributed by atoms with van der Waals surface area (Å²) in [4.78, 5) is 2.53. The maximum Gasteiger partial charge on any atom is 0.122 e. The number of nitrogens with one attached hydrogen (secondary N) is 1. The Balaban J connectivity index is 1.80. The van der Waals surface area contributed by atoms with Crippen molar-refractivity contribution in [3.63, 3.8) is 0 Å². The molecule has 1 heterocycles. The molecule has 0 aromatic heterocycles. The van der Waals surface area contributed by atoms with Crippen LogP contribution in [0.4, 0.5) is 0 Å². The van der Waals surface area contributed by atoms with Gasteiger partial charge in [-0.3, -0.25) is 4.90 Å². The zero-order valence-corrected chi connectivity index (χ0v) is 13.9. The maximum absolute atomic E-state index is 5.73. The number of fused-ring (bicyclic) bond motifs is 1. The van der Waals surface area contributed by atoms with Gasteiger partial charge in [-0.15, -0.1) is 0 Å². The van der Waals surface area contributed by atoms with Crippen molar-refractivity contribution in [3.8, 4) is 5.75 Å². The molecule has 1 aliphatic rings. The molecule has 2 rings (SSSR count). The minimum atomic E-state index is 0.585. The second-order valence-corrected chi connectivity index (χ2v) is 6.50. The molecule has 0 saturated carbocycles. The number of rotatable bonds is 7. The standard InChI is InChI=1S/C18H30N2O/c1-14(2)20(15(3)4)11-10-19-13-16-9-12-21-18-8-6-5-7-17(16)18/h5-8,14-16,19H,9-13H2,1-4H3. The van der Waals surface area contributed by atoms with E-state index in [1.54, 1.807) is 0 Å². The highest BCUT2D eigenvalue weighted by Gasteiger charge is 2.20. The van der Waals surface area contributed by atoms with E-state index in [0.29, 0.717) is 18.0 Å². The molecule has 3 nitrogen and oxygen atoms in total. The molecule has 1 atom stereocenters. The zero-order chi connectivity index (χ0) is 15.2. The van der Waals surface area contributed by atoms with Gasteiger partial charge in [0, 0.05) is 37.6 Å². The lowest BCUT2D eigenvalue weighted by Crippen LogP contribution is -2.42. The average Bonchev–Trinajstić information content (AvgIpc) is 2.46. The topological polar surface area (TPSA) is 24.5 Å². The smallest absolute Gasteiger partial charge is 0.122 e. The van der Waals surface area contributed by atoms with Crippen LogP contribution in [0.2, 0.25) is 0 Å². The Morgan fingerprint density at radius 3 is 2.62 bits per heavy atom. The van der Waals surface area contributed by atoms with Crippen molar-refractivity contribution in [1.82, 2.24) is 10.2 Å². The summed E-state index contributed by atoms with van der Waals surface area (Å²) in [7, 11) is 0. The van der Waals surface area contributed by atoms with E-state index in [1.807, 2.05) is 0 Å². The average molecular weight is 290 g/mol.